The van der Waals surface area contributed by atoms with Gasteiger partial charge in [0.2, 0.25) is 0 Å². The zero-order chi connectivity index (χ0) is 13.5. The van der Waals surface area contributed by atoms with Gasteiger partial charge < -0.3 is 16.3 Å². The van der Waals surface area contributed by atoms with Crippen molar-refractivity contribution in [2.45, 2.75) is 33.1 Å². The molecule has 0 atom stereocenters. The lowest BCUT2D eigenvalue weighted by Crippen LogP contribution is -2.11. The molecule has 18 heavy (non-hydrogen) atoms. The predicted molar refractivity (Wildman–Crippen MR) is 79.4 cm³/mol. The van der Waals surface area contributed by atoms with Crippen molar-refractivity contribution in [3.63, 3.8) is 0 Å². The van der Waals surface area contributed by atoms with Gasteiger partial charge in [-0.1, -0.05) is 21.1 Å². The smallest absolute Gasteiger partial charge is 0.139 e. The molecule has 5 heteroatoms. The van der Waals surface area contributed by atoms with Crippen LogP contribution < -0.4 is 11.1 Å². The van der Waals surface area contributed by atoms with Gasteiger partial charge in [-0.3, -0.25) is 0 Å². The van der Waals surface area contributed by atoms with Crippen molar-refractivity contribution >= 4 is 27.5 Å². The molecule has 0 radical (unpaired) electrons. The number of benzene rings is 1. The number of hydrogen-bond acceptors (Lipinski definition) is 3. The van der Waals surface area contributed by atoms with E-state index in [-0.39, 0.29) is 0 Å². The fourth-order valence-electron chi connectivity index (χ4n) is 1.76. The number of nitrogens with one attached hydrogen (secondary N) is 1. The topological polar surface area (TPSA) is 70.6 Å². The maximum atomic E-state index is 8.40. The molecule has 0 amide bonds. The SMILES string of the molecule is Cc1cc(NCCCC/C(N)=N/O)cc(C)c1Br. The third-order valence-electron chi connectivity index (χ3n) is 2.75. The van der Waals surface area contributed by atoms with Crippen LogP contribution in [0.2, 0.25) is 0 Å². The first-order valence-electron chi connectivity index (χ1n) is 6.01. The molecule has 0 saturated heterocycles. The molecule has 1 aromatic rings. The van der Waals surface area contributed by atoms with Crippen LogP contribution in [0.4, 0.5) is 5.69 Å². The van der Waals surface area contributed by atoms with Gasteiger partial charge in [-0.25, -0.2) is 0 Å². The van der Waals surface area contributed by atoms with E-state index in [0.29, 0.717) is 12.3 Å². The number of anilines is 1. The van der Waals surface area contributed by atoms with Crippen molar-refractivity contribution in [1.82, 2.24) is 0 Å². The fraction of sp³-hybridized carbons (Fsp3) is 0.462. The average Bonchev–Trinajstić information content (AvgIpc) is 2.35. The second-order valence-electron chi connectivity index (χ2n) is 4.40. The monoisotopic (exact) mass is 313 g/mol. The molecule has 4 nitrogen and oxygen atoms in total. The van der Waals surface area contributed by atoms with Gasteiger partial charge in [-0.05, 0) is 49.9 Å². The van der Waals surface area contributed by atoms with E-state index in [1.165, 1.54) is 15.6 Å². The lowest BCUT2D eigenvalue weighted by atomic mass is 10.1. The summed E-state index contributed by atoms with van der Waals surface area (Å²) >= 11 is 3.55. The summed E-state index contributed by atoms with van der Waals surface area (Å²) in [5.74, 6) is 0.297. The van der Waals surface area contributed by atoms with Crippen LogP contribution in [0.15, 0.2) is 21.8 Å². The molecule has 0 spiro atoms. The number of hydrogen-bond donors (Lipinski definition) is 3. The third-order valence-corrected chi connectivity index (χ3v) is 4.00. The van der Waals surface area contributed by atoms with Crippen molar-refractivity contribution in [2.24, 2.45) is 10.9 Å². The van der Waals surface area contributed by atoms with Gasteiger partial charge in [-0.2, -0.15) is 0 Å². The third kappa shape index (κ3) is 4.56. The summed E-state index contributed by atoms with van der Waals surface area (Å²) in [4.78, 5) is 0. The van der Waals surface area contributed by atoms with Gasteiger partial charge in [0.1, 0.15) is 5.84 Å². The van der Waals surface area contributed by atoms with E-state index in [4.69, 9.17) is 10.9 Å². The highest BCUT2D eigenvalue weighted by molar-refractivity contribution is 9.10. The highest BCUT2D eigenvalue weighted by Gasteiger charge is 2.01. The van der Waals surface area contributed by atoms with Gasteiger partial charge in [0.25, 0.3) is 0 Å². The minimum Gasteiger partial charge on any atom is -0.409 e. The number of nitrogens with zero attached hydrogens (tertiary/aromatic N) is 1. The lowest BCUT2D eigenvalue weighted by Gasteiger charge is -2.10. The maximum Gasteiger partial charge on any atom is 0.139 e. The Balaban J connectivity index is 2.36. The maximum absolute atomic E-state index is 8.40. The van der Waals surface area contributed by atoms with Crippen molar-refractivity contribution in [2.75, 3.05) is 11.9 Å². The zero-order valence-corrected chi connectivity index (χ0v) is 12.4. The minimum atomic E-state index is 0.297. The molecule has 0 fully saturated rings. The minimum absolute atomic E-state index is 0.297. The molecule has 0 unspecified atom stereocenters. The molecular formula is C13H20BrN3O. The Morgan fingerprint density at radius 2 is 1.94 bits per heavy atom. The Morgan fingerprint density at radius 1 is 1.33 bits per heavy atom. The molecule has 1 rings (SSSR count). The van der Waals surface area contributed by atoms with Crippen LogP contribution in [0, 0.1) is 13.8 Å². The summed E-state index contributed by atoms with van der Waals surface area (Å²) in [6, 6.07) is 4.25. The standard InChI is InChI=1S/C13H20BrN3O/c1-9-7-11(8-10(2)13(9)14)16-6-4-3-5-12(15)17-18/h7-8,16,18H,3-6H2,1-2H3,(H2,15,17). The van der Waals surface area contributed by atoms with E-state index in [0.717, 1.165) is 25.1 Å². The second-order valence-corrected chi connectivity index (χ2v) is 5.19. The predicted octanol–water partition coefficient (Wildman–Crippen LogP) is 3.39. The second kappa shape index (κ2) is 7.26. The Kier molecular flexibility index (Phi) is 5.98. The molecule has 0 aliphatic rings. The van der Waals surface area contributed by atoms with Crippen LogP contribution >= 0.6 is 15.9 Å². The summed E-state index contributed by atoms with van der Waals surface area (Å²) < 4.78 is 1.17. The first kappa shape index (κ1) is 14.8. The highest BCUT2D eigenvalue weighted by Crippen LogP contribution is 2.24. The molecule has 4 N–H and O–H groups in total. The largest absolute Gasteiger partial charge is 0.409 e. The van der Waals surface area contributed by atoms with E-state index in [9.17, 15) is 0 Å². The van der Waals surface area contributed by atoms with Gasteiger partial charge >= 0.3 is 0 Å². The van der Waals surface area contributed by atoms with Crippen molar-refractivity contribution in [3.05, 3.63) is 27.7 Å². The van der Waals surface area contributed by atoms with Crippen LogP contribution in [0.25, 0.3) is 0 Å². The summed E-state index contributed by atoms with van der Waals surface area (Å²) in [5, 5.41) is 14.7. The Hall–Kier alpha value is -1.23. The van der Waals surface area contributed by atoms with Crippen molar-refractivity contribution in [1.29, 1.82) is 0 Å². The number of unbranched alkanes of at least 4 members (excludes halogenated alkanes) is 1. The molecule has 0 aliphatic heterocycles. The van der Waals surface area contributed by atoms with Gasteiger partial charge in [0, 0.05) is 23.1 Å². The summed E-state index contributed by atoms with van der Waals surface area (Å²) in [6.45, 7) is 5.06. The van der Waals surface area contributed by atoms with E-state index in [1.807, 2.05) is 0 Å². The highest BCUT2D eigenvalue weighted by atomic mass is 79.9. The molecule has 0 heterocycles. The Labute approximate surface area is 116 Å². The Morgan fingerprint density at radius 3 is 2.50 bits per heavy atom. The van der Waals surface area contributed by atoms with E-state index in [1.54, 1.807) is 0 Å². The number of amidine groups is 1. The van der Waals surface area contributed by atoms with Crippen molar-refractivity contribution in [3.8, 4) is 0 Å². The number of oxime groups is 1. The van der Waals surface area contributed by atoms with Crippen LogP contribution in [0.1, 0.15) is 30.4 Å². The fourth-order valence-corrected chi connectivity index (χ4v) is 1.99. The van der Waals surface area contributed by atoms with Crippen LogP contribution in [-0.2, 0) is 0 Å². The molecule has 0 saturated carbocycles. The zero-order valence-electron chi connectivity index (χ0n) is 10.8. The quantitative estimate of drug-likeness (QED) is 0.248. The van der Waals surface area contributed by atoms with Gasteiger partial charge in [-0.15, -0.1) is 0 Å². The van der Waals surface area contributed by atoms with Gasteiger partial charge in [0.05, 0.1) is 0 Å². The number of aryl methyl sites for hydroxylation is 2. The number of rotatable bonds is 6. The summed E-state index contributed by atoms with van der Waals surface area (Å²) in [6.07, 6.45) is 2.54. The first-order valence-corrected chi connectivity index (χ1v) is 6.81. The summed E-state index contributed by atoms with van der Waals surface area (Å²) in [5.41, 5.74) is 8.99. The average molecular weight is 314 g/mol. The Bertz CT molecular complexity index is 409. The van der Waals surface area contributed by atoms with Crippen molar-refractivity contribution < 1.29 is 5.21 Å². The van der Waals surface area contributed by atoms with Crippen LogP contribution in [-0.4, -0.2) is 17.6 Å². The molecule has 0 aromatic heterocycles. The van der Waals surface area contributed by atoms with Gasteiger partial charge in [0.15, 0.2) is 0 Å². The van der Waals surface area contributed by atoms with E-state index >= 15 is 0 Å². The number of nitrogens with two attached hydrogens (primary N) is 1. The van der Waals surface area contributed by atoms with Crippen LogP contribution in [0.3, 0.4) is 0 Å². The molecule has 100 valence electrons. The number of halogens is 1. The van der Waals surface area contributed by atoms with Crippen LogP contribution in [0.5, 0.6) is 0 Å². The lowest BCUT2D eigenvalue weighted by molar-refractivity contribution is 0.316. The summed E-state index contributed by atoms with van der Waals surface area (Å²) in [7, 11) is 0. The molecule has 0 bridgehead atoms. The molecular weight excluding hydrogens is 294 g/mol. The normalized spacial score (nSPS) is 11.6. The molecule has 0 aliphatic carbocycles. The van der Waals surface area contributed by atoms with E-state index in [2.05, 4.69) is 52.4 Å². The first-order chi connectivity index (χ1) is 8.54. The molecule has 1 aromatic carbocycles. The van der Waals surface area contributed by atoms with E-state index < -0.39 is 0 Å².